The molecule has 0 saturated carbocycles. The van der Waals surface area contributed by atoms with Gasteiger partial charge in [-0.3, -0.25) is 9.69 Å². The van der Waals surface area contributed by atoms with E-state index >= 15 is 0 Å². The first-order chi connectivity index (χ1) is 11.5. The number of nitrogens with two attached hydrogens (primary N) is 1. The molecule has 5 nitrogen and oxygen atoms in total. The van der Waals surface area contributed by atoms with E-state index in [2.05, 4.69) is 4.90 Å². The fourth-order valence-electron chi connectivity index (χ4n) is 2.98. The van der Waals surface area contributed by atoms with E-state index in [1.165, 1.54) is 12.1 Å². The van der Waals surface area contributed by atoms with E-state index in [1.54, 1.807) is 12.0 Å². The van der Waals surface area contributed by atoms with Crippen LogP contribution in [-0.2, 0) is 9.53 Å². The van der Waals surface area contributed by atoms with E-state index in [0.717, 1.165) is 6.07 Å². The molecule has 0 radical (unpaired) electrons. The van der Waals surface area contributed by atoms with Crippen molar-refractivity contribution >= 4 is 30.7 Å². The van der Waals surface area contributed by atoms with Gasteiger partial charge in [0, 0.05) is 57.5 Å². The standard InChI is InChI=1S/C17H25F2N3O2.2ClH/c1-12(15-4-3-13(18)9-16(15)19)21-5-7-22(8-6-21)17(23)10-14(11-20)24-2;;/h3-4,9,12,14H,5-8,10-11,20H2,1-2H3;2*1H. The van der Waals surface area contributed by atoms with E-state index in [0.29, 0.717) is 38.3 Å². The lowest BCUT2D eigenvalue weighted by molar-refractivity contribution is -0.135. The SMILES string of the molecule is COC(CN)CC(=O)N1CCN(C(C)c2ccc(F)cc2F)CC1.Cl.Cl. The van der Waals surface area contributed by atoms with Gasteiger partial charge in [-0.15, -0.1) is 24.8 Å². The fourth-order valence-corrected chi connectivity index (χ4v) is 2.98. The van der Waals surface area contributed by atoms with Crippen molar-refractivity contribution in [3.63, 3.8) is 0 Å². The van der Waals surface area contributed by atoms with E-state index < -0.39 is 11.6 Å². The molecule has 9 heteroatoms. The summed E-state index contributed by atoms with van der Waals surface area (Å²) in [5.74, 6) is -1.09. The quantitative estimate of drug-likeness (QED) is 0.777. The zero-order valence-corrected chi connectivity index (χ0v) is 16.6. The lowest BCUT2D eigenvalue weighted by atomic mass is 10.0. The van der Waals surface area contributed by atoms with Crippen molar-refractivity contribution in [2.45, 2.75) is 25.5 Å². The van der Waals surface area contributed by atoms with E-state index in [1.807, 2.05) is 6.92 Å². The third-order valence-electron chi connectivity index (χ3n) is 4.63. The van der Waals surface area contributed by atoms with Gasteiger partial charge in [0.2, 0.25) is 5.91 Å². The molecule has 1 aromatic rings. The number of piperazine rings is 1. The summed E-state index contributed by atoms with van der Waals surface area (Å²) in [6.07, 6.45) is 0.0116. The molecule has 0 bridgehead atoms. The van der Waals surface area contributed by atoms with Gasteiger partial charge in [0.1, 0.15) is 11.6 Å². The number of benzene rings is 1. The van der Waals surface area contributed by atoms with Crippen LogP contribution in [0.4, 0.5) is 8.78 Å². The maximum absolute atomic E-state index is 13.9. The van der Waals surface area contributed by atoms with Crippen LogP contribution in [0.2, 0.25) is 0 Å². The molecule has 1 aliphatic heterocycles. The first-order valence-electron chi connectivity index (χ1n) is 8.16. The summed E-state index contributed by atoms with van der Waals surface area (Å²) in [5, 5.41) is 0. The summed E-state index contributed by atoms with van der Waals surface area (Å²) in [7, 11) is 1.54. The second-order valence-corrected chi connectivity index (χ2v) is 6.06. The van der Waals surface area contributed by atoms with Gasteiger partial charge < -0.3 is 15.4 Å². The van der Waals surface area contributed by atoms with Gasteiger partial charge in [0.25, 0.3) is 0 Å². The highest BCUT2D eigenvalue weighted by molar-refractivity contribution is 5.85. The Bertz CT molecular complexity index is 569. The first kappa shape index (κ1) is 25.0. The smallest absolute Gasteiger partial charge is 0.225 e. The Morgan fingerprint density at radius 2 is 1.85 bits per heavy atom. The number of halogens is 4. The van der Waals surface area contributed by atoms with Crippen molar-refractivity contribution in [1.82, 2.24) is 9.80 Å². The van der Waals surface area contributed by atoms with Gasteiger partial charge >= 0.3 is 0 Å². The molecule has 1 saturated heterocycles. The number of carbonyl (C=O) groups is 1. The van der Waals surface area contributed by atoms with Gasteiger partial charge in [0.15, 0.2) is 0 Å². The molecule has 1 fully saturated rings. The summed E-state index contributed by atoms with van der Waals surface area (Å²) < 4.78 is 32.1. The molecular formula is C17H27Cl2F2N3O2. The Balaban J connectivity index is 0.00000312. The molecule has 26 heavy (non-hydrogen) atoms. The molecule has 1 heterocycles. The summed E-state index contributed by atoms with van der Waals surface area (Å²) in [6.45, 7) is 4.64. The maximum atomic E-state index is 13.9. The minimum Gasteiger partial charge on any atom is -0.380 e. The molecule has 0 spiro atoms. The average Bonchev–Trinajstić information content (AvgIpc) is 2.59. The zero-order valence-electron chi connectivity index (χ0n) is 15.0. The third kappa shape index (κ3) is 6.32. The lowest BCUT2D eigenvalue weighted by Gasteiger charge is -2.38. The predicted octanol–water partition coefficient (Wildman–Crippen LogP) is 2.38. The van der Waals surface area contributed by atoms with Gasteiger partial charge in [0.05, 0.1) is 12.5 Å². The number of hydrogen-bond donors (Lipinski definition) is 1. The van der Waals surface area contributed by atoms with Crippen LogP contribution in [0.5, 0.6) is 0 Å². The van der Waals surface area contributed by atoms with E-state index in [-0.39, 0.29) is 49.3 Å². The van der Waals surface area contributed by atoms with Crippen molar-refractivity contribution in [2.24, 2.45) is 5.73 Å². The summed E-state index contributed by atoms with van der Waals surface area (Å²) in [5.41, 5.74) is 6.02. The zero-order chi connectivity index (χ0) is 17.7. The number of amides is 1. The average molecular weight is 414 g/mol. The molecule has 1 amide bonds. The Morgan fingerprint density at radius 3 is 2.35 bits per heavy atom. The summed E-state index contributed by atoms with van der Waals surface area (Å²) in [6, 6.07) is 3.49. The Labute approximate surface area is 165 Å². The van der Waals surface area contributed by atoms with E-state index in [9.17, 15) is 13.6 Å². The lowest BCUT2D eigenvalue weighted by Crippen LogP contribution is -2.50. The topological polar surface area (TPSA) is 58.8 Å². The van der Waals surface area contributed by atoms with Crippen LogP contribution in [0.3, 0.4) is 0 Å². The van der Waals surface area contributed by atoms with Crippen LogP contribution in [0.25, 0.3) is 0 Å². The highest BCUT2D eigenvalue weighted by Crippen LogP contribution is 2.24. The number of carbonyl (C=O) groups excluding carboxylic acids is 1. The van der Waals surface area contributed by atoms with E-state index in [4.69, 9.17) is 10.5 Å². The van der Waals surface area contributed by atoms with Crippen LogP contribution in [0, 0.1) is 11.6 Å². The molecule has 2 rings (SSSR count). The first-order valence-corrected chi connectivity index (χ1v) is 8.16. The van der Waals surface area contributed by atoms with Gasteiger partial charge in [-0.1, -0.05) is 6.07 Å². The van der Waals surface area contributed by atoms with Crippen LogP contribution in [0.15, 0.2) is 18.2 Å². The maximum Gasteiger partial charge on any atom is 0.225 e. The van der Waals surface area contributed by atoms with Gasteiger partial charge in [-0.05, 0) is 13.0 Å². The number of ether oxygens (including phenoxy) is 1. The van der Waals surface area contributed by atoms with Gasteiger partial charge in [-0.2, -0.15) is 0 Å². The molecule has 150 valence electrons. The molecule has 2 unspecified atom stereocenters. The molecule has 0 aromatic heterocycles. The summed E-state index contributed by atoms with van der Waals surface area (Å²) in [4.78, 5) is 16.1. The number of hydrogen-bond acceptors (Lipinski definition) is 4. The van der Waals surface area contributed by atoms with Crippen LogP contribution in [0.1, 0.15) is 24.9 Å². The van der Waals surface area contributed by atoms with Crippen LogP contribution in [-0.4, -0.2) is 61.6 Å². The normalized spacial score (nSPS) is 17.0. The minimum atomic E-state index is -0.577. The highest BCUT2D eigenvalue weighted by Gasteiger charge is 2.27. The monoisotopic (exact) mass is 413 g/mol. The highest BCUT2D eigenvalue weighted by atomic mass is 35.5. The molecule has 0 aliphatic carbocycles. The Kier molecular flexibility index (Phi) is 11.2. The predicted molar refractivity (Wildman–Crippen MR) is 102 cm³/mol. The number of nitrogens with zero attached hydrogens (tertiary/aromatic N) is 2. The van der Waals surface area contributed by atoms with Crippen molar-refractivity contribution < 1.29 is 18.3 Å². The summed E-state index contributed by atoms with van der Waals surface area (Å²) >= 11 is 0. The second kappa shape index (κ2) is 11.7. The van der Waals surface area contributed by atoms with Crippen molar-refractivity contribution in [1.29, 1.82) is 0 Å². The third-order valence-corrected chi connectivity index (χ3v) is 4.63. The Morgan fingerprint density at radius 1 is 1.23 bits per heavy atom. The fraction of sp³-hybridized carbons (Fsp3) is 0.588. The van der Waals surface area contributed by atoms with Crippen molar-refractivity contribution in [2.75, 3.05) is 39.8 Å². The Hall–Kier alpha value is -0.990. The molecule has 2 N–H and O–H groups in total. The van der Waals surface area contributed by atoms with Gasteiger partial charge in [-0.25, -0.2) is 8.78 Å². The van der Waals surface area contributed by atoms with Crippen LogP contribution >= 0.6 is 24.8 Å². The van der Waals surface area contributed by atoms with Crippen LogP contribution < -0.4 is 5.73 Å². The number of methoxy groups -OCH3 is 1. The molecule has 1 aromatic carbocycles. The minimum absolute atomic E-state index is 0. The largest absolute Gasteiger partial charge is 0.380 e. The second-order valence-electron chi connectivity index (χ2n) is 6.06. The number of rotatable bonds is 6. The van der Waals surface area contributed by atoms with Crippen molar-refractivity contribution in [3.8, 4) is 0 Å². The molecule has 2 atom stereocenters. The molecule has 1 aliphatic rings. The van der Waals surface area contributed by atoms with Crippen molar-refractivity contribution in [3.05, 3.63) is 35.4 Å². The molecular weight excluding hydrogens is 387 g/mol.